The van der Waals surface area contributed by atoms with E-state index in [-0.39, 0.29) is 17.4 Å². The van der Waals surface area contributed by atoms with Crippen LogP contribution in [0, 0.1) is 15.9 Å². The highest BCUT2D eigenvalue weighted by atomic mass is 19.1. The molecule has 100 valence electrons. The minimum Gasteiger partial charge on any atom is -0.429 e. The number of pyridine rings is 1. The van der Waals surface area contributed by atoms with Gasteiger partial charge in [-0.05, 0) is 23.1 Å². The van der Waals surface area contributed by atoms with Gasteiger partial charge in [0.2, 0.25) is 5.65 Å². The van der Waals surface area contributed by atoms with E-state index in [0.717, 1.165) is 0 Å². The fourth-order valence-electron chi connectivity index (χ4n) is 1.83. The maximum absolute atomic E-state index is 13.5. The Labute approximate surface area is 112 Å². The average molecular weight is 273 g/mol. The van der Waals surface area contributed by atoms with Crippen molar-refractivity contribution < 1.29 is 14.1 Å². The van der Waals surface area contributed by atoms with Crippen LogP contribution >= 0.6 is 0 Å². The summed E-state index contributed by atoms with van der Waals surface area (Å²) < 4.78 is 20.0. The number of hydrogen-bond acceptors (Lipinski definition) is 4. The van der Waals surface area contributed by atoms with Crippen LogP contribution in [0.4, 0.5) is 10.2 Å². The standard InChI is InChI=1S/C13H8FN3O3/c14-9-5-1-2-6-10(9)20-12-13(17(18)19)16-8-4-3-7-11(16)15-12/h1-8H. The smallest absolute Gasteiger partial charge is 0.392 e. The Bertz CT molecular complexity index is 800. The van der Waals surface area contributed by atoms with Gasteiger partial charge in [0.1, 0.15) is 0 Å². The number of hydrogen-bond donors (Lipinski definition) is 0. The van der Waals surface area contributed by atoms with Gasteiger partial charge in [0.25, 0.3) is 0 Å². The van der Waals surface area contributed by atoms with Crippen LogP contribution in [-0.4, -0.2) is 14.3 Å². The molecule has 0 N–H and O–H groups in total. The average Bonchev–Trinajstić information content (AvgIpc) is 2.79. The molecule has 3 rings (SSSR count). The van der Waals surface area contributed by atoms with Crippen molar-refractivity contribution in [1.29, 1.82) is 0 Å². The number of para-hydroxylation sites is 1. The predicted molar refractivity (Wildman–Crippen MR) is 68.3 cm³/mol. The van der Waals surface area contributed by atoms with Crippen LogP contribution in [0.1, 0.15) is 0 Å². The van der Waals surface area contributed by atoms with Gasteiger partial charge < -0.3 is 14.9 Å². The monoisotopic (exact) mass is 273 g/mol. The Balaban J connectivity index is 2.14. The van der Waals surface area contributed by atoms with Gasteiger partial charge in [0.15, 0.2) is 11.6 Å². The van der Waals surface area contributed by atoms with Crippen molar-refractivity contribution in [3.8, 4) is 11.6 Å². The number of rotatable bonds is 3. The summed E-state index contributed by atoms with van der Waals surface area (Å²) in [5.41, 5.74) is 0.352. The minimum absolute atomic E-state index is 0.112. The number of ether oxygens (including phenoxy) is 1. The molecule has 2 aromatic heterocycles. The van der Waals surface area contributed by atoms with E-state index < -0.39 is 10.7 Å². The second-order valence-corrected chi connectivity index (χ2v) is 3.96. The van der Waals surface area contributed by atoms with Crippen LogP contribution in [0.2, 0.25) is 0 Å². The van der Waals surface area contributed by atoms with Crippen molar-refractivity contribution in [2.45, 2.75) is 0 Å². The molecule has 0 amide bonds. The van der Waals surface area contributed by atoms with Gasteiger partial charge in [0.05, 0.1) is 6.20 Å². The van der Waals surface area contributed by atoms with E-state index in [1.165, 1.54) is 28.8 Å². The number of nitrogens with zero attached hydrogens (tertiary/aromatic N) is 3. The molecule has 0 bridgehead atoms. The SMILES string of the molecule is O=[N+]([O-])c1c(Oc2ccccc2F)nc2ccccn12. The fourth-order valence-corrected chi connectivity index (χ4v) is 1.83. The topological polar surface area (TPSA) is 69.7 Å². The Morgan fingerprint density at radius 3 is 2.70 bits per heavy atom. The van der Waals surface area contributed by atoms with Crippen LogP contribution < -0.4 is 4.74 Å². The van der Waals surface area contributed by atoms with Crippen LogP contribution in [0.15, 0.2) is 48.7 Å². The summed E-state index contributed by atoms with van der Waals surface area (Å²) in [5, 5.41) is 11.1. The Morgan fingerprint density at radius 2 is 1.95 bits per heavy atom. The van der Waals surface area contributed by atoms with Crippen molar-refractivity contribution in [3.63, 3.8) is 0 Å². The molecular formula is C13H8FN3O3. The number of benzene rings is 1. The molecule has 0 aliphatic rings. The summed E-state index contributed by atoms with van der Waals surface area (Å²) in [7, 11) is 0. The zero-order chi connectivity index (χ0) is 14.1. The number of halogens is 1. The molecule has 7 heteroatoms. The molecule has 2 heterocycles. The highest BCUT2D eigenvalue weighted by Crippen LogP contribution is 2.32. The fraction of sp³-hybridized carbons (Fsp3) is 0. The van der Waals surface area contributed by atoms with Gasteiger partial charge in [-0.3, -0.25) is 0 Å². The normalized spacial score (nSPS) is 10.7. The summed E-state index contributed by atoms with van der Waals surface area (Å²) >= 11 is 0. The first-order valence-electron chi connectivity index (χ1n) is 5.70. The molecule has 0 saturated heterocycles. The number of fused-ring (bicyclic) bond motifs is 1. The molecule has 0 radical (unpaired) electrons. The first-order valence-corrected chi connectivity index (χ1v) is 5.70. The molecule has 3 aromatic rings. The second-order valence-electron chi connectivity index (χ2n) is 3.96. The van der Waals surface area contributed by atoms with Gasteiger partial charge in [0, 0.05) is 6.07 Å². The van der Waals surface area contributed by atoms with Gasteiger partial charge in [-0.25, -0.2) is 4.39 Å². The summed E-state index contributed by atoms with van der Waals surface area (Å²) in [6.45, 7) is 0. The van der Waals surface area contributed by atoms with Crippen LogP contribution in [-0.2, 0) is 0 Å². The van der Waals surface area contributed by atoms with E-state index in [1.54, 1.807) is 24.3 Å². The van der Waals surface area contributed by atoms with Crippen LogP contribution in [0.5, 0.6) is 11.6 Å². The lowest BCUT2D eigenvalue weighted by atomic mass is 10.3. The largest absolute Gasteiger partial charge is 0.429 e. The van der Waals surface area contributed by atoms with Crippen molar-refractivity contribution in [1.82, 2.24) is 9.38 Å². The second kappa shape index (κ2) is 4.61. The molecule has 6 nitrogen and oxygen atoms in total. The molecule has 0 atom stereocenters. The zero-order valence-electron chi connectivity index (χ0n) is 10.1. The van der Waals surface area contributed by atoms with E-state index in [9.17, 15) is 14.5 Å². The lowest BCUT2D eigenvalue weighted by molar-refractivity contribution is -0.391. The molecule has 20 heavy (non-hydrogen) atoms. The number of aromatic nitrogens is 2. The molecule has 1 aromatic carbocycles. The molecule has 0 aliphatic carbocycles. The molecular weight excluding hydrogens is 265 g/mol. The third-order valence-electron chi connectivity index (χ3n) is 2.69. The summed E-state index contributed by atoms with van der Waals surface area (Å²) in [5.74, 6) is -1.31. The first-order chi connectivity index (χ1) is 9.66. The van der Waals surface area contributed by atoms with Gasteiger partial charge >= 0.3 is 11.7 Å². The lowest BCUT2D eigenvalue weighted by Crippen LogP contribution is -1.96. The summed E-state index contributed by atoms with van der Waals surface area (Å²) in [4.78, 5) is 14.5. The van der Waals surface area contributed by atoms with E-state index in [2.05, 4.69) is 4.98 Å². The van der Waals surface area contributed by atoms with Crippen LogP contribution in [0.25, 0.3) is 5.65 Å². The van der Waals surface area contributed by atoms with E-state index >= 15 is 0 Å². The maximum Gasteiger partial charge on any atom is 0.392 e. The van der Waals surface area contributed by atoms with Crippen LogP contribution in [0.3, 0.4) is 0 Å². The quantitative estimate of drug-likeness (QED) is 0.543. The molecule has 0 unspecified atom stereocenters. The Hall–Kier alpha value is -2.96. The minimum atomic E-state index is -0.615. The first kappa shape index (κ1) is 12.1. The summed E-state index contributed by atoms with van der Waals surface area (Å²) in [6.07, 6.45) is 1.49. The van der Waals surface area contributed by atoms with Crippen molar-refractivity contribution >= 4 is 11.5 Å². The number of imidazole rings is 1. The molecule has 0 spiro atoms. The van der Waals surface area contributed by atoms with Gasteiger partial charge in [-0.15, -0.1) is 0 Å². The number of nitro groups is 1. The third kappa shape index (κ3) is 1.95. The predicted octanol–water partition coefficient (Wildman–Crippen LogP) is 3.17. The lowest BCUT2D eigenvalue weighted by Gasteiger charge is -2.03. The highest BCUT2D eigenvalue weighted by molar-refractivity contribution is 5.53. The van der Waals surface area contributed by atoms with E-state index in [1.807, 2.05) is 0 Å². The van der Waals surface area contributed by atoms with Crippen molar-refractivity contribution in [2.75, 3.05) is 0 Å². The zero-order valence-corrected chi connectivity index (χ0v) is 10.1. The molecule has 0 aliphatic heterocycles. The van der Waals surface area contributed by atoms with E-state index in [4.69, 9.17) is 4.74 Å². The third-order valence-corrected chi connectivity index (χ3v) is 2.69. The highest BCUT2D eigenvalue weighted by Gasteiger charge is 2.25. The molecule has 0 fully saturated rings. The van der Waals surface area contributed by atoms with Gasteiger partial charge in [-0.1, -0.05) is 18.2 Å². The summed E-state index contributed by atoms with van der Waals surface area (Å²) in [6, 6.07) is 10.6. The van der Waals surface area contributed by atoms with E-state index in [0.29, 0.717) is 5.65 Å². The van der Waals surface area contributed by atoms with Crippen molar-refractivity contribution in [3.05, 3.63) is 64.6 Å². The van der Waals surface area contributed by atoms with Gasteiger partial charge in [-0.2, -0.15) is 9.38 Å². The Kier molecular flexibility index (Phi) is 2.79. The Morgan fingerprint density at radius 1 is 1.20 bits per heavy atom. The maximum atomic E-state index is 13.5. The van der Waals surface area contributed by atoms with Crippen molar-refractivity contribution in [2.24, 2.45) is 0 Å². The molecule has 0 saturated carbocycles.